The lowest BCUT2D eigenvalue weighted by Gasteiger charge is -2.17. The third-order valence-corrected chi connectivity index (χ3v) is 4.67. The zero-order chi connectivity index (χ0) is 20.2. The molecule has 0 aromatic carbocycles. The fourth-order valence-electron chi connectivity index (χ4n) is 2.86. The van der Waals surface area contributed by atoms with Gasteiger partial charge in [0.05, 0.1) is 13.2 Å². The van der Waals surface area contributed by atoms with E-state index in [-0.39, 0.29) is 18.0 Å². The Morgan fingerprint density at radius 1 is 1.33 bits per heavy atom. The Morgan fingerprint density at radius 3 is 2.59 bits per heavy atom. The van der Waals surface area contributed by atoms with Gasteiger partial charge < -0.3 is 19.5 Å². The summed E-state index contributed by atoms with van der Waals surface area (Å²) in [4.78, 5) is 14.4. The zero-order valence-electron chi connectivity index (χ0n) is 17.4. The summed E-state index contributed by atoms with van der Waals surface area (Å²) in [6.45, 7) is 12.6. The highest BCUT2D eigenvalue weighted by molar-refractivity contribution is 5.91. The summed E-state index contributed by atoms with van der Waals surface area (Å²) < 4.78 is 12.6. The fourth-order valence-corrected chi connectivity index (χ4v) is 2.86. The van der Waals surface area contributed by atoms with E-state index in [0.717, 1.165) is 25.7 Å². The summed E-state index contributed by atoms with van der Waals surface area (Å²) in [5, 5.41) is 10.2. The van der Waals surface area contributed by atoms with Crippen LogP contribution in [0.1, 0.15) is 52.9 Å². The molecule has 1 N–H and O–H groups in total. The van der Waals surface area contributed by atoms with E-state index in [2.05, 4.69) is 32.7 Å². The average Bonchev–Trinajstić information content (AvgIpc) is 3.20. The number of allylic oxidation sites excluding steroid dienone is 2. The number of carbonyl (C=O) groups is 1. The van der Waals surface area contributed by atoms with E-state index in [4.69, 9.17) is 9.47 Å². The SMILES string of the molecule is C=[N+](CCCC)/C(C(=O)N(C)CC/C=C\CC(C)C1OCCO1)=C(/O)CC. The van der Waals surface area contributed by atoms with E-state index in [0.29, 0.717) is 44.3 Å². The molecule has 154 valence electrons. The molecular formula is C21H37N2O4+. The normalized spacial score (nSPS) is 17.2. The molecule has 1 amide bonds. The Hall–Kier alpha value is -1.66. The lowest BCUT2D eigenvalue weighted by Crippen LogP contribution is -2.34. The van der Waals surface area contributed by atoms with Gasteiger partial charge in [0.2, 0.25) is 0 Å². The van der Waals surface area contributed by atoms with E-state index in [1.165, 1.54) is 0 Å². The molecule has 1 saturated heterocycles. The number of carbonyl (C=O) groups excluding carboxylic acids is 1. The summed E-state index contributed by atoms with van der Waals surface area (Å²) >= 11 is 0. The molecule has 0 aliphatic carbocycles. The molecular weight excluding hydrogens is 344 g/mol. The van der Waals surface area contributed by atoms with Gasteiger partial charge in [0.15, 0.2) is 12.0 Å². The Balaban J connectivity index is 2.50. The lowest BCUT2D eigenvalue weighted by molar-refractivity contribution is -0.466. The lowest BCUT2D eigenvalue weighted by atomic mass is 10.1. The van der Waals surface area contributed by atoms with Crippen LogP contribution in [0.15, 0.2) is 23.6 Å². The smallest absolute Gasteiger partial charge is 0.322 e. The highest BCUT2D eigenvalue weighted by Gasteiger charge is 2.28. The van der Waals surface area contributed by atoms with Crippen LogP contribution in [0.4, 0.5) is 0 Å². The van der Waals surface area contributed by atoms with Crippen molar-refractivity contribution < 1.29 is 24.0 Å². The maximum Gasteiger partial charge on any atom is 0.322 e. The Labute approximate surface area is 164 Å². The van der Waals surface area contributed by atoms with Crippen LogP contribution < -0.4 is 0 Å². The first kappa shape index (κ1) is 23.4. The monoisotopic (exact) mass is 381 g/mol. The van der Waals surface area contributed by atoms with Crippen molar-refractivity contribution in [2.45, 2.75) is 59.2 Å². The molecule has 0 spiro atoms. The minimum Gasteiger partial charge on any atom is -0.506 e. The van der Waals surface area contributed by atoms with Gasteiger partial charge in [-0.2, -0.15) is 4.58 Å². The minimum atomic E-state index is -0.185. The highest BCUT2D eigenvalue weighted by Crippen LogP contribution is 2.18. The van der Waals surface area contributed by atoms with E-state index in [9.17, 15) is 9.90 Å². The summed E-state index contributed by atoms with van der Waals surface area (Å²) in [5.41, 5.74) is 0.307. The molecule has 0 aromatic heterocycles. The Kier molecular flexibility index (Phi) is 11.0. The van der Waals surface area contributed by atoms with Crippen molar-refractivity contribution in [1.29, 1.82) is 0 Å². The summed E-state index contributed by atoms with van der Waals surface area (Å²) in [5.74, 6) is 0.228. The maximum absolute atomic E-state index is 12.8. The van der Waals surface area contributed by atoms with Crippen molar-refractivity contribution in [3.63, 3.8) is 0 Å². The minimum absolute atomic E-state index is 0.0962. The van der Waals surface area contributed by atoms with Crippen LogP contribution >= 0.6 is 0 Å². The van der Waals surface area contributed by atoms with Crippen molar-refractivity contribution in [3.8, 4) is 0 Å². The number of hydrogen-bond acceptors (Lipinski definition) is 4. The number of rotatable bonds is 12. The molecule has 1 fully saturated rings. The first-order valence-corrected chi connectivity index (χ1v) is 10.1. The standard InChI is InChI=1S/C21H36N2O4/c1-6-8-13-22(4)19(18(24)7-2)20(25)23(5)14-11-9-10-12-17(3)21-26-15-16-27-21/h9-10,17,21H,4,6-8,11-16H2,1-3,5H3/p+1/b10-9-. The number of unbranched alkanes of at least 4 members (excludes halogenated alkanes) is 1. The Bertz CT molecular complexity index is 536. The van der Waals surface area contributed by atoms with Gasteiger partial charge in [-0.3, -0.25) is 4.79 Å². The summed E-state index contributed by atoms with van der Waals surface area (Å²) in [6, 6.07) is 0. The molecule has 6 nitrogen and oxygen atoms in total. The van der Waals surface area contributed by atoms with E-state index in [1.807, 2.05) is 6.92 Å². The van der Waals surface area contributed by atoms with E-state index >= 15 is 0 Å². The second-order valence-electron chi connectivity index (χ2n) is 7.08. The number of aliphatic hydroxyl groups is 1. The third kappa shape index (κ3) is 7.85. The molecule has 1 aliphatic rings. The quantitative estimate of drug-likeness (QED) is 0.185. The van der Waals surface area contributed by atoms with Gasteiger partial charge in [-0.05, 0) is 12.8 Å². The van der Waals surface area contributed by atoms with E-state index in [1.54, 1.807) is 16.5 Å². The number of likely N-dealkylation sites (N-methyl/N-ethyl adjacent to an activating group) is 1. The molecule has 1 unspecified atom stereocenters. The first-order chi connectivity index (χ1) is 12.9. The number of amides is 1. The molecule has 0 saturated carbocycles. The summed E-state index contributed by atoms with van der Waals surface area (Å²) in [6.07, 6.45) is 8.08. The third-order valence-electron chi connectivity index (χ3n) is 4.67. The van der Waals surface area contributed by atoms with Crippen molar-refractivity contribution >= 4 is 12.6 Å². The van der Waals surface area contributed by atoms with Gasteiger partial charge in [-0.1, -0.05) is 39.3 Å². The number of hydrogen-bond donors (Lipinski definition) is 1. The molecule has 0 radical (unpaired) electrons. The molecule has 1 aliphatic heterocycles. The molecule has 1 rings (SSSR count). The van der Waals surface area contributed by atoms with Crippen molar-refractivity contribution in [2.24, 2.45) is 5.92 Å². The van der Waals surface area contributed by atoms with Gasteiger partial charge in [0, 0.05) is 32.4 Å². The van der Waals surface area contributed by atoms with Gasteiger partial charge in [0.1, 0.15) is 13.3 Å². The van der Waals surface area contributed by atoms with Crippen LogP contribution in [0.5, 0.6) is 0 Å². The number of aliphatic hydroxyl groups excluding tert-OH is 1. The Morgan fingerprint density at radius 2 is 2.00 bits per heavy atom. The van der Waals surface area contributed by atoms with Crippen LogP contribution in [-0.2, 0) is 14.3 Å². The number of ether oxygens (including phenoxy) is 2. The van der Waals surface area contributed by atoms with Gasteiger partial charge in [-0.25, -0.2) is 0 Å². The van der Waals surface area contributed by atoms with Gasteiger partial charge >= 0.3 is 11.6 Å². The van der Waals surface area contributed by atoms with E-state index < -0.39 is 0 Å². The largest absolute Gasteiger partial charge is 0.506 e. The second kappa shape index (κ2) is 12.7. The van der Waals surface area contributed by atoms with Crippen molar-refractivity contribution in [1.82, 2.24) is 4.90 Å². The molecule has 1 atom stereocenters. The molecule has 0 bridgehead atoms. The van der Waals surface area contributed by atoms with Crippen LogP contribution in [0.25, 0.3) is 0 Å². The fraction of sp³-hybridized carbons (Fsp3) is 0.714. The van der Waals surface area contributed by atoms with Crippen LogP contribution in [0.2, 0.25) is 0 Å². The zero-order valence-corrected chi connectivity index (χ0v) is 17.4. The summed E-state index contributed by atoms with van der Waals surface area (Å²) in [7, 11) is 1.76. The maximum atomic E-state index is 12.8. The molecule has 1 heterocycles. The van der Waals surface area contributed by atoms with Gasteiger partial charge in [0.25, 0.3) is 0 Å². The number of nitrogens with zero attached hydrogens (tertiary/aromatic N) is 2. The van der Waals surface area contributed by atoms with Crippen molar-refractivity contribution in [3.05, 3.63) is 23.6 Å². The predicted molar refractivity (Wildman–Crippen MR) is 108 cm³/mol. The topological polar surface area (TPSA) is 62.0 Å². The first-order valence-electron chi connectivity index (χ1n) is 10.1. The van der Waals surface area contributed by atoms with Crippen molar-refractivity contribution in [2.75, 3.05) is 33.4 Å². The highest BCUT2D eigenvalue weighted by atomic mass is 16.7. The van der Waals surface area contributed by atoms with Crippen LogP contribution in [0.3, 0.4) is 0 Å². The molecule has 6 heteroatoms. The predicted octanol–water partition coefficient (Wildman–Crippen LogP) is 3.48. The second-order valence-corrected chi connectivity index (χ2v) is 7.08. The molecule has 27 heavy (non-hydrogen) atoms. The van der Waals surface area contributed by atoms with Crippen LogP contribution in [0, 0.1) is 5.92 Å². The molecule has 0 aromatic rings. The van der Waals surface area contributed by atoms with Crippen LogP contribution in [-0.4, -0.2) is 66.8 Å². The average molecular weight is 382 g/mol. The van der Waals surface area contributed by atoms with Gasteiger partial charge in [-0.15, -0.1) is 0 Å².